The average Bonchev–Trinajstić information content (AvgIpc) is 3.65. The molecule has 0 aromatic heterocycles. The van der Waals surface area contributed by atoms with Gasteiger partial charge in [-0.2, -0.15) is 0 Å². The zero-order valence-corrected chi connectivity index (χ0v) is 17.7. The lowest BCUT2D eigenvalue weighted by Gasteiger charge is -2.39. The van der Waals surface area contributed by atoms with Crippen molar-refractivity contribution >= 4 is 11.6 Å². The second-order valence-corrected chi connectivity index (χ2v) is 8.96. The number of benzene rings is 2. The molecule has 1 saturated carbocycles. The van der Waals surface area contributed by atoms with Crippen molar-refractivity contribution in [2.24, 2.45) is 5.92 Å². The van der Waals surface area contributed by atoms with Crippen LogP contribution in [0.15, 0.2) is 54.6 Å². The molecular weight excluding hydrogens is 374 g/mol. The van der Waals surface area contributed by atoms with E-state index in [2.05, 4.69) is 41.1 Å². The smallest absolute Gasteiger partial charge is 0.254 e. The number of morpholine rings is 1. The molecule has 5 heteroatoms. The van der Waals surface area contributed by atoms with E-state index in [-0.39, 0.29) is 18.1 Å². The van der Waals surface area contributed by atoms with Crippen LogP contribution in [0, 0.1) is 5.92 Å². The first-order chi connectivity index (χ1) is 14.7. The summed E-state index contributed by atoms with van der Waals surface area (Å²) in [5.74, 6) is 0.723. The molecule has 5 nitrogen and oxygen atoms in total. The van der Waals surface area contributed by atoms with E-state index in [1.54, 1.807) is 0 Å². The number of hydrogen-bond acceptors (Lipinski definition) is 4. The Morgan fingerprint density at radius 3 is 2.27 bits per heavy atom. The number of nitrogens with zero attached hydrogens (tertiary/aromatic N) is 3. The zero-order valence-electron chi connectivity index (χ0n) is 17.7. The van der Waals surface area contributed by atoms with Crippen LogP contribution in [-0.2, 0) is 4.74 Å². The van der Waals surface area contributed by atoms with Crippen LogP contribution in [0.2, 0.25) is 0 Å². The van der Waals surface area contributed by atoms with E-state index >= 15 is 0 Å². The van der Waals surface area contributed by atoms with Crippen LogP contribution in [-0.4, -0.2) is 68.1 Å². The summed E-state index contributed by atoms with van der Waals surface area (Å²) in [4.78, 5) is 20.1. The topological polar surface area (TPSA) is 36.0 Å². The van der Waals surface area contributed by atoms with Gasteiger partial charge in [0.05, 0.1) is 12.6 Å². The molecule has 2 aliphatic heterocycles. The maximum Gasteiger partial charge on any atom is 0.254 e. The fourth-order valence-corrected chi connectivity index (χ4v) is 4.60. The van der Waals surface area contributed by atoms with E-state index in [0.717, 1.165) is 37.3 Å². The molecule has 3 fully saturated rings. The molecule has 2 heterocycles. The minimum absolute atomic E-state index is 0.0425. The van der Waals surface area contributed by atoms with Crippen LogP contribution >= 0.6 is 0 Å². The van der Waals surface area contributed by atoms with Gasteiger partial charge in [-0.3, -0.25) is 4.79 Å². The predicted molar refractivity (Wildman–Crippen MR) is 119 cm³/mol. The minimum Gasteiger partial charge on any atom is -0.369 e. The van der Waals surface area contributed by atoms with Crippen LogP contribution in [0.25, 0.3) is 0 Å². The Kier molecular flexibility index (Phi) is 5.48. The minimum atomic E-state index is -0.0425. The first kappa shape index (κ1) is 19.6. The van der Waals surface area contributed by atoms with Crippen molar-refractivity contribution in [3.8, 4) is 0 Å². The van der Waals surface area contributed by atoms with E-state index in [1.165, 1.54) is 18.5 Å². The third kappa shape index (κ3) is 4.23. The quantitative estimate of drug-likeness (QED) is 0.781. The van der Waals surface area contributed by atoms with Crippen LogP contribution in [0.4, 0.5) is 5.69 Å². The van der Waals surface area contributed by atoms with Gasteiger partial charge in [-0.25, -0.2) is 0 Å². The molecule has 3 aliphatic rings. The molecule has 0 bridgehead atoms. The highest BCUT2D eigenvalue weighted by Crippen LogP contribution is 2.39. The molecule has 2 saturated heterocycles. The molecule has 1 aliphatic carbocycles. The number of carbonyl (C=O) groups excluding carboxylic acids is 1. The maximum absolute atomic E-state index is 13.3. The van der Waals surface area contributed by atoms with Crippen molar-refractivity contribution in [3.63, 3.8) is 0 Å². The number of carbonyl (C=O) groups is 1. The van der Waals surface area contributed by atoms with Crippen molar-refractivity contribution in [2.45, 2.75) is 25.0 Å². The molecule has 5 rings (SSSR count). The molecule has 1 amide bonds. The molecule has 0 radical (unpaired) electrons. The van der Waals surface area contributed by atoms with Crippen LogP contribution in [0.1, 0.15) is 34.9 Å². The summed E-state index contributed by atoms with van der Waals surface area (Å²) in [6, 6.07) is 18.5. The lowest BCUT2D eigenvalue weighted by Crippen LogP contribution is -2.47. The lowest BCUT2D eigenvalue weighted by atomic mass is 10.0. The van der Waals surface area contributed by atoms with Crippen molar-refractivity contribution in [1.29, 1.82) is 0 Å². The van der Waals surface area contributed by atoms with Gasteiger partial charge in [0, 0.05) is 44.0 Å². The van der Waals surface area contributed by atoms with Crippen LogP contribution in [0.3, 0.4) is 0 Å². The molecular formula is C25H31N3O2. The van der Waals surface area contributed by atoms with Gasteiger partial charge in [0.1, 0.15) is 6.10 Å². The van der Waals surface area contributed by atoms with Crippen molar-refractivity contribution < 1.29 is 9.53 Å². The summed E-state index contributed by atoms with van der Waals surface area (Å²) in [6.45, 7) is 5.55. The Balaban J connectivity index is 1.30. The van der Waals surface area contributed by atoms with Gasteiger partial charge in [-0.15, -0.1) is 0 Å². The van der Waals surface area contributed by atoms with E-state index in [1.807, 2.05) is 35.2 Å². The predicted octanol–water partition coefficient (Wildman–Crippen LogP) is 3.43. The molecule has 0 N–H and O–H groups in total. The highest BCUT2D eigenvalue weighted by atomic mass is 16.5. The van der Waals surface area contributed by atoms with E-state index in [4.69, 9.17) is 4.74 Å². The number of rotatable bonds is 4. The SMILES string of the molecule is CN1CCN(c2ccc(C(=O)N3C[C@@H](c4ccccc4)O[C@@H](C4CC4)C3)cc2)CC1. The summed E-state index contributed by atoms with van der Waals surface area (Å²) >= 11 is 0. The molecule has 2 atom stereocenters. The Labute approximate surface area is 179 Å². The third-order valence-corrected chi connectivity index (χ3v) is 6.71. The van der Waals surface area contributed by atoms with Gasteiger partial charge in [-0.05, 0) is 55.6 Å². The number of ether oxygens (including phenoxy) is 1. The molecule has 158 valence electrons. The highest BCUT2D eigenvalue weighted by Gasteiger charge is 2.40. The molecule has 0 unspecified atom stereocenters. The largest absolute Gasteiger partial charge is 0.369 e. The van der Waals surface area contributed by atoms with E-state index in [9.17, 15) is 4.79 Å². The highest BCUT2D eigenvalue weighted by molar-refractivity contribution is 5.94. The van der Waals surface area contributed by atoms with Gasteiger partial charge in [0.25, 0.3) is 5.91 Å². The van der Waals surface area contributed by atoms with Gasteiger partial charge in [0.2, 0.25) is 0 Å². The van der Waals surface area contributed by atoms with Crippen LogP contribution in [0.5, 0.6) is 0 Å². The molecule has 30 heavy (non-hydrogen) atoms. The molecule has 2 aromatic carbocycles. The summed E-state index contributed by atoms with van der Waals surface area (Å²) in [5, 5.41) is 0. The number of amides is 1. The Bertz CT molecular complexity index is 858. The Morgan fingerprint density at radius 1 is 0.900 bits per heavy atom. The fraction of sp³-hybridized carbons (Fsp3) is 0.480. The monoisotopic (exact) mass is 405 g/mol. The van der Waals surface area contributed by atoms with E-state index in [0.29, 0.717) is 19.0 Å². The van der Waals surface area contributed by atoms with Gasteiger partial charge in [0.15, 0.2) is 0 Å². The summed E-state index contributed by atoms with van der Waals surface area (Å²) in [7, 11) is 2.17. The number of anilines is 1. The van der Waals surface area contributed by atoms with Crippen LogP contribution < -0.4 is 4.90 Å². The fourth-order valence-electron chi connectivity index (χ4n) is 4.60. The van der Waals surface area contributed by atoms with Gasteiger partial charge >= 0.3 is 0 Å². The average molecular weight is 406 g/mol. The Morgan fingerprint density at radius 2 is 1.60 bits per heavy atom. The molecule has 2 aromatic rings. The van der Waals surface area contributed by atoms with Gasteiger partial charge < -0.3 is 19.4 Å². The normalized spacial score (nSPS) is 25.4. The zero-order chi connectivity index (χ0) is 20.5. The van der Waals surface area contributed by atoms with Gasteiger partial charge in [-0.1, -0.05) is 30.3 Å². The summed E-state index contributed by atoms with van der Waals surface area (Å²) in [5.41, 5.74) is 3.14. The first-order valence-electron chi connectivity index (χ1n) is 11.2. The second-order valence-electron chi connectivity index (χ2n) is 8.96. The Hall–Kier alpha value is -2.37. The number of piperazine rings is 1. The summed E-state index contributed by atoms with van der Waals surface area (Å²) in [6.07, 6.45) is 2.54. The standard InChI is InChI=1S/C25H31N3O2/c1-26-13-15-27(16-14-26)22-11-9-21(10-12-22)25(29)28-17-23(19-5-3-2-4-6-19)30-24(18-28)20-7-8-20/h2-6,9-12,20,23-24H,7-8,13-18H2,1H3/t23-,24+/m0/s1. The maximum atomic E-state index is 13.3. The number of likely N-dealkylation sites (N-methyl/N-ethyl adjacent to an activating group) is 1. The van der Waals surface area contributed by atoms with Crippen molar-refractivity contribution in [3.05, 3.63) is 65.7 Å². The first-order valence-corrected chi connectivity index (χ1v) is 11.2. The second kappa shape index (κ2) is 8.40. The van der Waals surface area contributed by atoms with E-state index < -0.39 is 0 Å². The summed E-state index contributed by atoms with van der Waals surface area (Å²) < 4.78 is 6.42. The molecule has 0 spiro atoms. The van der Waals surface area contributed by atoms with Crippen molar-refractivity contribution in [2.75, 3.05) is 51.2 Å². The lowest BCUT2D eigenvalue weighted by molar-refractivity contribution is -0.0864. The van der Waals surface area contributed by atoms with Crippen molar-refractivity contribution in [1.82, 2.24) is 9.80 Å². The third-order valence-electron chi connectivity index (χ3n) is 6.71. The number of hydrogen-bond donors (Lipinski definition) is 0.